The molecule has 0 atom stereocenters. The van der Waals surface area contributed by atoms with Crippen molar-refractivity contribution in [2.24, 2.45) is 0 Å². The smallest absolute Gasteiger partial charge is 0.00941 e. The van der Waals surface area contributed by atoms with E-state index >= 15 is 0 Å². The molecule has 0 aliphatic carbocycles. The Balaban J connectivity index is 2.94. The fourth-order valence-corrected chi connectivity index (χ4v) is 2.48. The van der Waals surface area contributed by atoms with Crippen LogP contribution < -0.4 is 0 Å². The molecule has 1 aromatic rings. The zero-order valence-electron chi connectivity index (χ0n) is 14.7. The van der Waals surface area contributed by atoms with Crippen LogP contribution in [0.25, 0.3) is 5.57 Å². The van der Waals surface area contributed by atoms with Gasteiger partial charge in [0.1, 0.15) is 0 Å². The average Bonchev–Trinajstić information content (AvgIpc) is 2.47. The van der Waals surface area contributed by atoms with Gasteiger partial charge >= 0.3 is 0 Å². The summed E-state index contributed by atoms with van der Waals surface area (Å²) in [6.07, 6.45) is 9.36. The molecule has 0 aliphatic heterocycles. The lowest BCUT2D eigenvalue weighted by molar-refractivity contribution is 1.24. The van der Waals surface area contributed by atoms with Crippen LogP contribution in [0.5, 0.6) is 0 Å². The molecule has 0 heterocycles. The molecule has 0 radical (unpaired) electrons. The SMILES string of the molecule is C=C(C/C=C\C(C)=C/C)/C(=C/C)C(=C)c1ccc(C)cc1C. The largest absolute Gasteiger partial charge is 0.0949 e. The fraction of sp³-hybridized carbons (Fsp3) is 0.273. The van der Waals surface area contributed by atoms with Gasteiger partial charge in [-0.3, -0.25) is 0 Å². The van der Waals surface area contributed by atoms with Gasteiger partial charge in [-0.25, -0.2) is 0 Å². The molecular weight excluding hydrogens is 264 g/mol. The van der Waals surface area contributed by atoms with Gasteiger partial charge in [-0.2, -0.15) is 0 Å². The van der Waals surface area contributed by atoms with E-state index in [1.54, 1.807) is 0 Å². The van der Waals surface area contributed by atoms with Crippen molar-refractivity contribution in [3.8, 4) is 0 Å². The summed E-state index contributed by atoms with van der Waals surface area (Å²) in [7, 11) is 0. The van der Waals surface area contributed by atoms with E-state index in [0.29, 0.717) is 0 Å². The van der Waals surface area contributed by atoms with E-state index in [2.05, 4.69) is 83.4 Å². The Morgan fingerprint density at radius 3 is 2.32 bits per heavy atom. The summed E-state index contributed by atoms with van der Waals surface area (Å²) < 4.78 is 0. The normalized spacial score (nSPS) is 12.8. The first-order valence-electron chi connectivity index (χ1n) is 7.81. The highest BCUT2D eigenvalue weighted by Crippen LogP contribution is 2.30. The second-order valence-corrected chi connectivity index (χ2v) is 5.74. The van der Waals surface area contributed by atoms with Crippen molar-refractivity contribution >= 4 is 5.57 Å². The topological polar surface area (TPSA) is 0 Å². The van der Waals surface area contributed by atoms with Crippen LogP contribution >= 0.6 is 0 Å². The zero-order valence-corrected chi connectivity index (χ0v) is 14.7. The molecule has 0 aromatic heterocycles. The van der Waals surface area contributed by atoms with E-state index in [1.165, 1.54) is 22.3 Å². The predicted molar refractivity (Wildman–Crippen MR) is 101 cm³/mol. The molecule has 0 spiro atoms. The summed E-state index contributed by atoms with van der Waals surface area (Å²) in [5.41, 5.74) is 8.32. The third-order valence-electron chi connectivity index (χ3n) is 3.90. The molecule has 0 amide bonds. The summed E-state index contributed by atoms with van der Waals surface area (Å²) in [6.45, 7) is 19.0. The molecule has 0 heteroatoms. The van der Waals surface area contributed by atoms with Crippen molar-refractivity contribution in [3.63, 3.8) is 0 Å². The Morgan fingerprint density at radius 2 is 1.77 bits per heavy atom. The van der Waals surface area contributed by atoms with Crippen molar-refractivity contribution in [2.75, 3.05) is 0 Å². The highest BCUT2D eigenvalue weighted by molar-refractivity contribution is 5.83. The molecule has 116 valence electrons. The van der Waals surface area contributed by atoms with Gasteiger partial charge < -0.3 is 0 Å². The first-order valence-corrected chi connectivity index (χ1v) is 7.81. The van der Waals surface area contributed by atoms with Crippen LogP contribution in [0.4, 0.5) is 0 Å². The maximum absolute atomic E-state index is 4.30. The van der Waals surface area contributed by atoms with Crippen LogP contribution in [-0.2, 0) is 0 Å². The quantitative estimate of drug-likeness (QED) is 0.510. The molecule has 1 aromatic carbocycles. The van der Waals surface area contributed by atoms with Gasteiger partial charge in [-0.1, -0.05) is 66.8 Å². The summed E-state index contributed by atoms with van der Waals surface area (Å²) in [5, 5.41) is 0. The fourth-order valence-electron chi connectivity index (χ4n) is 2.48. The van der Waals surface area contributed by atoms with Gasteiger partial charge in [0.05, 0.1) is 0 Å². The van der Waals surface area contributed by atoms with Crippen LogP contribution in [0, 0.1) is 13.8 Å². The molecule has 22 heavy (non-hydrogen) atoms. The van der Waals surface area contributed by atoms with E-state index in [-0.39, 0.29) is 0 Å². The van der Waals surface area contributed by atoms with Crippen molar-refractivity contribution < 1.29 is 0 Å². The highest BCUT2D eigenvalue weighted by Gasteiger charge is 2.10. The maximum Gasteiger partial charge on any atom is -0.00941 e. The molecule has 0 N–H and O–H groups in total. The Morgan fingerprint density at radius 1 is 1.09 bits per heavy atom. The molecule has 0 aliphatic rings. The van der Waals surface area contributed by atoms with E-state index in [0.717, 1.165) is 23.1 Å². The Bertz CT molecular complexity index is 649. The number of benzene rings is 1. The summed E-state index contributed by atoms with van der Waals surface area (Å²) in [6, 6.07) is 6.49. The minimum atomic E-state index is 0.842. The molecule has 0 nitrogen and oxygen atoms in total. The standard InChI is InChI=1S/C22H28/c1-8-16(3)11-10-12-18(5)21(9-2)20(7)22-14-13-17(4)15-19(22)6/h8-11,13-15H,5,7,12H2,1-4,6H3/b11-10-,16-8-,21-9-. The van der Waals surface area contributed by atoms with Crippen molar-refractivity contribution in [1.82, 2.24) is 0 Å². The van der Waals surface area contributed by atoms with Crippen LogP contribution in [0.2, 0.25) is 0 Å². The van der Waals surface area contributed by atoms with Gasteiger partial charge in [-0.05, 0) is 68.9 Å². The van der Waals surface area contributed by atoms with Gasteiger partial charge in [0, 0.05) is 0 Å². The van der Waals surface area contributed by atoms with Gasteiger partial charge in [0.15, 0.2) is 0 Å². The first kappa shape index (κ1) is 18.0. The summed E-state index contributed by atoms with van der Waals surface area (Å²) in [4.78, 5) is 0. The molecule has 1 rings (SSSR count). The average molecular weight is 292 g/mol. The third-order valence-corrected chi connectivity index (χ3v) is 3.90. The lowest BCUT2D eigenvalue weighted by Gasteiger charge is -2.15. The minimum absolute atomic E-state index is 0.842. The van der Waals surface area contributed by atoms with Crippen LogP contribution in [-0.4, -0.2) is 0 Å². The number of aryl methyl sites for hydroxylation is 2. The summed E-state index contributed by atoms with van der Waals surface area (Å²) in [5.74, 6) is 0. The Labute approximate surface area is 136 Å². The number of rotatable bonds is 6. The monoisotopic (exact) mass is 292 g/mol. The number of hydrogen-bond acceptors (Lipinski definition) is 0. The lowest BCUT2D eigenvalue weighted by Crippen LogP contribution is -1.95. The van der Waals surface area contributed by atoms with Gasteiger partial charge in [-0.15, -0.1) is 0 Å². The van der Waals surface area contributed by atoms with Crippen molar-refractivity contribution in [1.29, 1.82) is 0 Å². The van der Waals surface area contributed by atoms with Crippen LogP contribution in [0.3, 0.4) is 0 Å². The van der Waals surface area contributed by atoms with E-state index in [9.17, 15) is 0 Å². The Kier molecular flexibility index (Phi) is 6.85. The predicted octanol–water partition coefficient (Wildman–Crippen LogP) is 6.73. The summed E-state index contributed by atoms with van der Waals surface area (Å²) >= 11 is 0. The molecule has 0 saturated carbocycles. The minimum Gasteiger partial charge on any atom is -0.0949 e. The highest BCUT2D eigenvalue weighted by atomic mass is 14.1. The van der Waals surface area contributed by atoms with E-state index < -0.39 is 0 Å². The molecule has 0 unspecified atom stereocenters. The maximum atomic E-state index is 4.30. The van der Waals surface area contributed by atoms with Gasteiger partial charge in [0.25, 0.3) is 0 Å². The van der Waals surface area contributed by atoms with Crippen molar-refractivity contribution in [2.45, 2.75) is 41.0 Å². The zero-order chi connectivity index (χ0) is 16.7. The molecule has 0 bridgehead atoms. The second kappa shape index (κ2) is 8.38. The van der Waals surface area contributed by atoms with E-state index in [1.807, 2.05) is 6.92 Å². The first-order chi connectivity index (χ1) is 10.4. The molecule has 0 saturated heterocycles. The third kappa shape index (κ3) is 4.73. The molecule has 0 fully saturated rings. The number of allylic oxidation sites excluding steroid dienone is 8. The van der Waals surface area contributed by atoms with Crippen LogP contribution in [0.1, 0.15) is 43.9 Å². The van der Waals surface area contributed by atoms with Gasteiger partial charge in [0.2, 0.25) is 0 Å². The van der Waals surface area contributed by atoms with Crippen LogP contribution in [0.15, 0.2) is 72.4 Å². The second-order valence-electron chi connectivity index (χ2n) is 5.74. The van der Waals surface area contributed by atoms with Crippen molar-refractivity contribution in [3.05, 3.63) is 89.1 Å². The molecular formula is C22H28. The lowest BCUT2D eigenvalue weighted by atomic mass is 9.89. The van der Waals surface area contributed by atoms with E-state index in [4.69, 9.17) is 0 Å². The Hall–Kier alpha value is -2.08. The number of hydrogen-bond donors (Lipinski definition) is 0.